The van der Waals surface area contributed by atoms with Gasteiger partial charge in [-0.15, -0.1) is 0 Å². The largest absolute Gasteiger partial charge is 0.357 e. The highest BCUT2D eigenvalue weighted by molar-refractivity contribution is 5.80. The van der Waals surface area contributed by atoms with Crippen molar-refractivity contribution in [3.05, 3.63) is 47.8 Å². The zero-order chi connectivity index (χ0) is 17.5. The van der Waals surface area contributed by atoms with Crippen LogP contribution in [0.1, 0.15) is 25.3 Å². The van der Waals surface area contributed by atoms with Gasteiger partial charge in [-0.05, 0) is 43.9 Å². The van der Waals surface area contributed by atoms with Crippen LogP contribution in [0.3, 0.4) is 0 Å². The molecule has 1 aromatic carbocycles. The lowest BCUT2D eigenvalue weighted by molar-refractivity contribution is 0.259. The van der Waals surface area contributed by atoms with Crippen LogP contribution in [-0.4, -0.2) is 61.1 Å². The monoisotopic (exact) mass is 344 g/mol. The second-order valence-corrected chi connectivity index (χ2v) is 6.78. The molecule has 136 valence electrons. The number of aliphatic imine (C=N–C) groups is 1. The van der Waals surface area contributed by atoms with E-state index in [1.807, 2.05) is 6.07 Å². The summed E-state index contributed by atoms with van der Waals surface area (Å²) in [4.78, 5) is 9.72. The molecule has 0 aromatic heterocycles. The molecule has 1 saturated heterocycles. The third-order valence-corrected chi connectivity index (χ3v) is 4.93. The van der Waals surface area contributed by atoms with Gasteiger partial charge < -0.3 is 10.2 Å². The molecule has 0 spiro atoms. The highest BCUT2D eigenvalue weighted by Crippen LogP contribution is 2.18. The van der Waals surface area contributed by atoms with E-state index in [4.69, 9.17) is 4.99 Å². The van der Waals surface area contributed by atoms with E-state index in [2.05, 4.69) is 34.2 Å². The molecule has 3 rings (SSSR count). The Hall–Kier alpha value is -1.88. The minimum atomic E-state index is -0.158. The quantitative estimate of drug-likeness (QED) is 0.373. The van der Waals surface area contributed by atoms with E-state index in [1.165, 1.54) is 12.5 Å². The normalized spacial score (nSPS) is 21.3. The number of benzene rings is 1. The van der Waals surface area contributed by atoms with Crippen LogP contribution >= 0.6 is 0 Å². The van der Waals surface area contributed by atoms with Crippen molar-refractivity contribution in [2.24, 2.45) is 4.99 Å². The molecule has 25 heavy (non-hydrogen) atoms. The third kappa shape index (κ3) is 5.05. The standard InChI is InChI=1S/C20H29FN4/c1-2-22-20(23-11-6-8-17-7-5-9-18(21)15-17)25-14-10-19(16-25)24-12-3-4-13-24/h3-5,7,9,15,19H,2,6,8,10-14,16H2,1H3,(H,22,23). The minimum absolute atomic E-state index is 0.158. The van der Waals surface area contributed by atoms with Crippen LogP contribution in [0, 0.1) is 5.82 Å². The molecule has 0 aliphatic carbocycles. The van der Waals surface area contributed by atoms with Crippen LogP contribution in [0.2, 0.25) is 0 Å². The van der Waals surface area contributed by atoms with Gasteiger partial charge in [0.15, 0.2) is 5.96 Å². The van der Waals surface area contributed by atoms with E-state index >= 15 is 0 Å². The molecule has 1 fully saturated rings. The number of halogens is 1. The van der Waals surface area contributed by atoms with Crippen molar-refractivity contribution in [3.63, 3.8) is 0 Å². The predicted molar refractivity (Wildman–Crippen MR) is 101 cm³/mol. The summed E-state index contributed by atoms with van der Waals surface area (Å²) >= 11 is 0. The Kier molecular flexibility index (Phi) is 6.45. The van der Waals surface area contributed by atoms with E-state index in [-0.39, 0.29) is 5.82 Å². The molecule has 2 heterocycles. The lowest BCUT2D eigenvalue weighted by atomic mass is 10.1. The molecule has 1 atom stereocenters. The van der Waals surface area contributed by atoms with E-state index in [0.29, 0.717) is 6.04 Å². The average Bonchev–Trinajstić information content (AvgIpc) is 3.28. The van der Waals surface area contributed by atoms with E-state index in [0.717, 1.165) is 63.6 Å². The van der Waals surface area contributed by atoms with Crippen molar-refractivity contribution in [2.75, 3.05) is 39.3 Å². The maximum Gasteiger partial charge on any atom is 0.193 e. The molecule has 0 radical (unpaired) electrons. The summed E-state index contributed by atoms with van der Waals surface area (Å²) in [6.45, 7) is 8.05. The second kappa shape index (κ2) is 8.99. The first-order valence-electron chi connectivity index (χ1n) is 9.43. The van der Waals surface area contributed by atoms with Gasteiger partial charge in [0, 0.05) is 45.3 Å². The summed E-state index contributed by atoms with van der Waals surface area (Å²) in [5.41, 5.74) is 1.04. The predicted octanol–water partition coefficient (Wildman–Crippen LogP) is 2.67. The van der Waals surface area contributed by atoms with Crippen molar-refractivity contribution in [1.29, 1.82) is 0 Å². The number of hydrogen-bond donors (Lipinski definition) is 1. The fourth-order valence-electron chi connectivity index (χ4n) is 3.61. The number of nitrogens with zero attached hydrogens (tertiary/aromatic N) is 3. The lowest BCUT2D eigenvalue weighted by Crippen LogP contribution is -2.42. The van der Waals surface area contributed by atoms with Gasteiger partial charge >= 0.3 is 0 Å². The van der Waals surface area contributed by atoms with Crippen molar-refractivity contribution in [1.82, 2.24) is 15.1 Å². The van der Waals surface area contributed by atoms with Gasteiger partial charge in [-0.2, -0.15) is 0 Å². The Bertz CT molecular complexity index is 605. The Morgan fingerprint density at radius 2 is 2.16 bits per heavy atom. The first-order chi connectivity index (χ1) is 12.3. The van der Waals surface area contributed by atoms with Gasteiger partial charge in [-0.3, -0.25) is 9.89 Å². The van der Waals surface area contributed by atoms with Crippen molar-refractivity contribution < 1.29 is 4.39 Å². The van der Waals surface area contributed by atoms with Crippen LogP contribution < -0.4 is 5.32 Å². The molecular weight excluding hydrogens is 315 g/mol. The smallest absolute Gasteiger partial charge is 0.193 e. The second-order valence-electron chi connectivity index (χ2n) is 6.78. The number of guanidine groups is 1. The molecule has 2 aliphatic rings. The number of likely N-dealkylation sites (tertiary alicyclic amines) is 1. The van der Waals surface area contributed by atoms with Gasteiger partial charge in [0.05, 0.1) is 0 Å². The van der Waals surface area contributed by atoms with Crippen LogP contribution in [0.4, 0.5) is 4.39 Å². The van der Waals surface area contributed by atoms with Crippen LogP contribution in [-0.2, 0) is 6.42 Å². The Morgan fingerprint density at radius 1 is 1.32 bits per heavy atom. The van der Waals surface area contributed by atoms with Crippen LogP contribution in [0.5, 0.6) is 0 Å². The maximum atomic E-state index is 13.2. The molecule has 1 aromatic rings. The average molecular weight is 344 g/mol. The number of aryl methyl sites for hydroxylation is 1. The number of rotatable bonds is 6. The molecule has 4 nitrogen and oxygen atoms in total. The summed E-state index contributed by atoms with van der Waals surface area (Å²) in [7, 11) is 0. The summed E-state index contributed by atoms with van der Waals surface area (Å²) in [6, 6.07) is 7.49. The fourth-order valence-corrected chi connectivity index (χ4v) is 3.61. The molecule has 1 N–H and O–H groups in total. The van der Waals surface area contributed by atoms with Gasteiger partial charge in [0.2, 0.25) is 0 Å². The summed E-state index contributed by atoms with van der Waals surface area (Å²) in [5, 5.41) is 3.43. The molecule has 2 aliphatic heterocycles. The Morgan fingerprint density at radius 3 is 2.92 bits per heavy atom. The highest BCUT2D eigenvalue weighted by Gasteiger charge is 2.29. The van der Waals surface area contributed by atoms with Crippen LogP contribution in [0.15, 0.2) is 41.4 Å². The first-order valence-corrected chi connectivity index (χ1v) is 9.43. The maximum absolute atomic E-state index is 13.2. The first kappa shape index (κ1) is 17.9. The number of hydrogen-bond acceptors (Lipinski definition) is 2. The van der Waals surface area contributed by atoms with E-state index in [9.17, 15) is 4.39 Å². The zero-order valence-corrected chi connectivity index (χ0v) is 15.1. The Labute approximate surface area is 150 Å². The molecule has 5 heteroatoms. The molecule has 0 amide bonds. The molecule has 0 saturated carbocycles. The van der Waals surface area contributed by atoms with Crippen molar-refractivity contribution in [2.45, 2.75) is 32.2 Å². The zero-order valence-electron chi connectivity index (χ0n) is 15.1. The van der Waals surface area contributed by atoms with Gasteiger partial charge in [-0.1, -0.05) is 24.3 Å². The lowest BCUT2D eigenvalue weighted by Gasteiger charge is -2.25. The molecule has 0 bridgehead atoms. The highest BCUT2D eigenvalue weighted by atomic mass is 19.1. The van der Waals surface area contributed by atoms with Gasteiger partial charge in [0.25, 0.3) is 0 Å². The fraction of sp³-hybridized carbons (Fsp3) is 0.550. The molecular formula is C20H29FN4. The number of nitrogens with one attached hydrogen (secondary N) is 1. The summed E-state index contributed by atoms with van der Waals surface area (Å²) in [6.07, 6.45) is 7.52. The third-order valence-electron chi connectivity index (χ3n) is 4.93. The van der Waals surface area contributed by atoms with Gasteiger partial charge in [0.1, 0.15) is 5.82 Å². The van der Waals surface area contributed by atoms with Gasteiger partial charge in [-0.25, -0.2) is 4.39 Å². The van der Waals surface area contributed by atoms with E-state index in [1.54, 1.807) is 12.1 Å². The van der Waals surface area contributed by atoms with Crippen molar-refractivity contribution in [3.8, 4) is 0 Å². The molecule has 1 unspecified atom stereocenters. The summed E-state index contributed by atoms with van der Waals surface area (Å²) < 4.78 is 13.2. The Balaban J connectivity index is 1.49. The van der Waals surface area contributed by atoms with Crippen molar-refractivity contribution >= 4 is 5.96 Å². The van der Waals surface area contributed by atoms with E-state index < -0.39 is 0 Å². The summed E-state index contributed by atoms with van der Waals surface area (Å²) in [5.74, 6) is 0.866. The van der Waals surface area contributed by atoms with Crippen LogP contribution in [0.25, 0.3) is 0 Å². The SMILES string of the molecule is CCNC(=NCCCc1cccc(F)c1)N1CCC(N2CC=CC2)C1. The topological polar surface area (TPSA) is 30.9 Å². The minimum Gasteiger partial charge on any atom is -0.357 e.